The van der Waals surface area contributed by atoms with Crippen LogP contribution in [0.15, 0.2) is 6.33 Å². The van der Waals surface area contributed by atoms with Crippen molar-refractivity contribution in [3.63, 3.8) is 0 Å². The first-order valence-corrected chi connectivity index (χ1v) is 5.49. The summed E-state index contributed by atoms with van der Waals surface area (Å²) in [6.45, 7) is 2.90. The minimum atomic E-state index is -0.129. The third kappa shape index (κ3) is 4.54. The molecule has 0 unspecified atom stereocenters. The van der Waals surface area contributed by atoms with Crippen molar-refractivity contribution >= 4 is 23.3 Å². The molecule has 6 nitrogen and oxygen atoms in total. The monoisotopic (exact) mass is 258 g/mol. The number of ether oxygens (including phenoxy) is 1. The number of nitrogens with zero attached hydrogens (tertiary/aromatic N) is 2. The van der Waals surface area contributed by atoms with E-state index in [-0.39, 0.29) is 12.5 Å². The molecule has 0 aliphatic heterocycles. The van der Waals surface area contributed by atoms with Crippen LogP contribution in [0, 0.1) is 6.92 Å². The van der Waals surface area contributed by atoms with Crippen LogP contribution in [0.3, 0.4) is 0 Å². The molecule has 2 N–H and O–H groups in total. The molecule has 94 valence electrons. The number of anilines is 1. The van der Waals surface area contributed by atoms with Gasteiger partial charge in [0, 0.05) is 19.2 Å². The molecule has 1 aromatic rings. The van der Waals surface area contributed by atoms with Crippen LogP contribution in [0.25, 0.3) is 0 Å². The molecular weight excluding hydrogens is 244 g/mol. The summed E-state index contributed by atoms with van der Waals surface area (Å²) < 4.78 is 4.82. The van der Waals surface area contributed by atoms with Crippen molar-refractivity contribution in [1.29, 1.82) is 0 Å². The molecule has 17 heavy (non-hydrogen) atoms. The van der Waals surface area contributed by atoms with Crippen molar-refractivity contribution in [2.45, 2.75) is 6.92 Å². The summed E-state index contributed by atoms with van der Waals surface area (Å²) in [6.07, 6.45) is 1.35. The van der Waals surface area contributed by atoms with E-state index in [0.717, 1.165) is 5.56 Å². The Kier molecular flexibility index (Phi) is 5.65. The van der Waals surface area contributed by atoms with Crippen molar-refractivity contribution < 1.29 is 9.53 Å². The van der Waals surface area contributed by atoms with Gasteiger partial charge < -0.3 is 15.4 Å². The van der Waals surface area contributed by atoms with E-state index < -0.39 is 0 Å². The second kappa shape index (κ2) is 7.03. The third-order valence-corrected chi connectivity index (χ3v) is 2.45. The molecule has 0 aliphatic carbocycles. The first kappa shape index (κ1) is 13.7. The molecule has 0 radical (unpaired) electrons. The van der Waals surface area contributed by atoms with Gasteiger partial charge in [0.05, 0.1) is 13.2 Å². The van der Waals surface area contributed by atoms with E-state index in [1.807, 2.05) is 0 Å². The highest BCUT2D eigenvalue weighted by Crippen LogP contribution is 2.17. The molecule has 0 fully saturated rings. The highest BCUT2D eigenvalue weighted by atomic mass is 35.5. The van der Waals surface area contributed by atoms with E-state index in [0.29, 0.717) is 24.1 Å². The number of rotatable bonds is 6. The van der Waals surface area contributed by atoms with Gasteiger partial charge in [-0.05, 0) is 6.92 Å². The van der Waals surface area contributed by atoms with Crippen LogP contribution in [-0.4, -0.2) is 42.7 Å². The normalized spacial score (nSPS) is 10.1. The maximum Gasteiger partial charge on any atom is 0.239 e. The first-order chi connectivity index (χ1) is 8.15. The Bertz CT molecular complexity index is 387. The van der Waals surface area contributed by atoms with Crippen LogP contribution in [0.5, 0.6) is 0 Å². The number of nitrogens with one attached hydrogen (secondary N) is 2. The summed E-state index contributed by atoms with van der Waals surface area (Å²) in [5.41, 5.74) is 0.721. The maximum atomic E-state index is 11.4. The van der Waals surface area contributed by atoms with E-state index in [1.165, 1.54) is 6.33 Å². The van der Waals surface area contributed by atoms with Gasteiger partial charge in [0.25, 0.3) is 0 Å². The molecule has 0 aromatic carbocycles. The van der Waals surface area contributed by atoms with Gasteiger partial charge in [-0.25, -0.2) is 9.97 Å². The predicted octanol–water partition coefficient (Wildman–Crippen LogP) is 0.613. The molecule has 1 rings (SSSR count). The van der Waals surface area contributed by atoms with Gasteiger partial charge in [0.1, 0.15) is 17.3 Å². The van der Waals surface area contributed by atoms with Crippen molar-refractivity contribution in [2.24, 2.45) is 0 Å². The summed E-state index contributed by atoms with van der Waals surface area (Å²) in [6, 6.07) is 0. The minimum absolute atomic E-state index is 0.129. The summed E-state index contributed by atoms with van der Waals surface area (Å²) in [5, 5.41) is 5.95. The van der Waals surface area contributed by atoms with Crippen molar-refractivity contribution in [3.8, 4) is 0 Å². The Labute approximate surface area is 105 Å². The minimum Gasteiger partial charge on any atom is -0.383 e. The van der Waals surface area contributed by atoms with Gasteiger partial charge >= 0.3 is 0 Å². The lowest BCUT2D eigenvalue weighted by Gasteiger charge is -2.09. The number of carbonyl (C=O) groups excluding carboxylic acids is 1. The number of hydrogen-bond donors (Lipinski definition) is 2. The average Bonchev–Trinajstić information content (AvgIpc) is 2.31. The number of hydrogen-bond acceptors (Lipinski definition) is 5. The fourth-order valence-electron chi connectivity index (χ4n) is 1.13. The molecule has 0 atom stereocenters. The van der Waals surface area contributed by atoms with E-state index >= 15 is 0 Å². The molecule has 0 spiro atoms. The van der Waals surface area contributed by atoms with Gasteiger partial charge in [-0.2, -0.15) is 0 Å². The topological polar surface area (TPSA) is 76.1 Å². The average molecular weight is 259 g/mol. The summed E-state index contributed by atoms with van der Waals surface area (Å²) >= 11 is 5.82. The highest BCUT2D eigenvalue weighted by molar-refractivity contribution is 6.30. The lowest BCUT2D eigenvalue weighted by atomic mass is 10.3. The summed E-state index contributed by atoms with van der Waals surface area (Å²) in [7, 11) is 1.58. The molecule has 7 heteroatoms. The zero-order valence-corrected chi connectivity index (χ0v) is 10.5. The Balaban J connectivity index is 2.39. The smallest absolute Gasteiger partial charge is 0.239 e. The fraction of sp³-hybridized carbons (Fsp3) is 0.500. The number of aromatic nitrogens is 2. The van der Waals surface area contributed by atoms with Gasteiger partial charge in [0.2, 0.25) is 5.91 Å². The fourth-order valence-corrected chi connectivity index (χ4v) is 1.26. The second-order valence-electron chi connectivity index (χ2n) is 3.33. The van der Waals surface area contributed by atoms with E-state index in [9.17, 15) is 4.79 Å². The zero-order chi connectivity index (χ0) is 12.7. The zero-order valence-electron chi connectivity index (χ0n) is 9.79. The molecule has 0 aliphatic rings. The Hall–Kier alpha value is -1.40. The first-order valence-electron chi connectivity index (χ1n) is 5.11. The van der Waals surface area contributed by atoms with Crippen molar-refractivity contribution in [2.75, 3.05) is 32.1 Å². The van der Waals surface area contributed by atoms with Gasteiger partial charge in [-0.3, -0.25) is 4.79 Å². The molecule has 0 bridgehead atoms. The van der Waals surface area contributed by atoms with Gasteiger partial charge in [-0.15, -0.1) is 0 Å². The lowest BCUT2D eigenvalue weighted by Crippen LogP contribution is -2.32. The van der Waals surface area contributed by atoms with Crippen molar-refractivity contribution in [1.82, 2.24) is 15.3 Å². The predicted molar refractivity (Wildman–Crippen MR) is 65.2 cm³/mol. The third-order valence-electron chi connectivity index (χ3n) is 2.07. The molecule has 0 saturated carbocycles. The van der Waals surface area contributed by atoms with Crippen LogP contribution in [-0.2, 0) is 9.53 Å². The Morgan fingerprint density at radius 2 is 2.29 bits per heavy atom. The highest BCUT2D eigenvalue weighted by Gasteiger charge is 2.06. The van der Waals surface area contributed by atoms with E-state index in [4.69, 9.17) is 16.3 Å². The Morgan fingerprint density at radius 1 is 1.53 bits per heavy atom. The molecule has 0 saturated heterocycles. The molecule has 1 amide bonds. The van der Waals surface area contributed by atoms with Crippen molar-refractivity contribution in [3.05, 3.63) is 17.0 Å². The Morgan fingerprint density at radius 3 is 3.00 bits per heavy atom. The van der Waals surface area contributed by atoms with Gasteiger partial charge in [-0.1, -0.05) is 11.6 Å². The standard InChI is InChI=1S/C10H15ClN4O2/c1-7-9(11)14-6-15-10(7)13-5-8(16)12-3-4-17-2/h6H,3-5H2,1-2H3,(H,12,16)(H,13,14,15). The van der Waals surface area contributed by atoms with Crippen LogP contribution in [0.4, 0.5) is 5.82 Å². The van der Waals surface area contributed by atoms with Crippen LogP contribution in [0.2, 0.25) is 5.15 Å². The quantitative estimate of drug-likeness (QED) is 0.578. The largest absolute Gasteiger partial charge is 0.383 e. The lowest BCUT2D eigenvalue weighted by molar-refractivity contribution is -0.119. The van der Waals surface area contributed by atoms with Crippen LogP contribution < -0.4 is 10.6 Å². The van der Waals surface area contributed by atoms with Crippen LogP contribution in [0.1, 0.15) is 5.56 Å². The number of methoxy groups -OCH3 is 1. The number of amides is 1. The molecular formula is C10H15ClN4O2. The summed E-state index contributed by atoms with van der Waals surface area (Å²) in [5.74, 6) is 0.433. The maximum absolute atomic E-state index is 11.4. The van der Waals surface area contributed by atoms with E-state index in [2.05, 4.69) is 20.6 Å². The molecule has 1 aromatic heterocycles. The molecule has 1 heterocycles. The second-order valence-corrected chi connectivity index (χ2v) is 3.69. The number of carbonyl (C=O) groups is 1. The SMILES string of the molecule is COCCNC(=O)CNc1ncnc(Cl)c1C. The summed E-state index contributed by atoms with van der Waals surface area (Å²) in [4.78, 5) is 19.2. The number of halogens is 1. The van der Waals surface area contributed by atoms with Gasteiger partial charge in [0.15, 0.2) is 0 Å². The van der Waals surface area contributed by atoms with E-state index in [1.54, 1.807) is 14.0 Å². The van der Waals surface area contributed by atoms with Crippen LogP contribution >= 0.6 is 11.6 Å².